The Hall–Kier alpha value is -0.830. The highest BCUT2D eigenvalue weighted by Crippen LogP contribution is 2.67. The van der Waals surface area contributed by atoms with Gasteiger partial charge in [0.05, 0.1) is 12.0 Å². The lowest BCUT2D eigenvalue weighted by Gasteiger charge is -2.58. The number of hydrogen-bond donors (Lipinski definition) is 2. The molecule has 3 fully saturated rings. The maximum Gasteiger partial charge on any atom is 0.306 e. The van der Waals surface area contributed by atoms with Gasteiger partial charge in [-0.2, -0.15) is 0 Å². The van der Waals surface area contributed by atoms with Gasteiger partial charge in [-0.05, 0) is 98.2 Å². The molecule has 0 aromatic carbocycles. The number of hydrogen-bond acceptors (Lipinski definition) is 2. The highest BCUT2D eigenvalue weighted by atomic mass is 16.4. The molecule has 0 amide bonds. The average molecular weight is 417 g/mol. The van der Waals surface area contributed by atoms with Crippen molar-refractivity contribution >= 4 is 5.97 Å². The van der Waals surface area contributed by atoms with Gasteiger partial charge >= 0.3 is 5.97 Å². The van der Waals surface area contributed by atoms with Crippen LogP contribution in [0.3, 0.4) is 0 Å². The number of rotatable bonds is 6. The molecule has 4 aliphatic carbocycles. The number of aliphatic carboxylic acids is 1. The van der Waals surface area contributed by atoms with Crippen molar-refractivity contribution in [1.29, 1.82) is 0 Å². The molecule has 3 saturated carbocycles. The van der Waals surface area contributed by atoms with Crippen molar-refractivity contribution in [1.82, 2.24) is 0 Å². The van der Waals surface area contributed by atoms with Gasteiger partial charge in [-0.15, -0.1) is 0 Å². The summed E-state index contributed by atoms with van der Waals surface area (Å²) in [6.45, 7) is 9.41. The van der Waals surface area contributed by atoms with Crippen molar-refractivity contribution in [2.75, 3.05) is 0 Å². The molecular weight excluding hydrogens is 372 g/mol. The van der Waals surface area contributed by atoms with Gasteiger partial charge in [-0.1, -0.05) is 52.2 Å². The first-order chi connectivity index (χ1) is 14.2. The zero-order valence-electron chi connectivity index (χ0n) is 19.7. The van der Waals surface area contributed by atoms with E-state index in [1.165, 1.54) is 44.9 Å². The Bertz CT molecular complexity index is 684. The first-order valence-electron chi connectivity index (χ1n) is 12.8. The van der Waals surface area contributed by atoms with E-state index in [1.54, 1.807) is 5.57 Å². The molecule has 0 aliphatic heterocycles. The minimum Gasteiger partial charge on any atom is -0.481 e. The summed E-state index contributed by atoms with van der Waals surface area (Å²) in [5.41, 5.74) is 2.37. The second kappa shape index (κ2) is 8.26. The van der Waals surface area contributed by atoms with Crippen LogP contribution in [0, 0.1) is 46.3 Å². The predicted molar refractivity (Wildman–Crippen MR) is 121 cm³/mol. The molecule has 0 bridgehead atoms. The van der Waals surface area contributed by atoms with E-state index in [1.807, 2.05) is 6.92 Å². The van der Waals surface area contributed by atoms with Crippen LogP contribution in [0.4, 0.5) is 0 Å². The third-order valence-electron chi connectivity index (χ3n) is 10.6. The van der Waals surface area contributed by atoms with E-state index in [4.69, 9.17) is 5.11 Å². The lowest BCUT2D eigenvalue weighted by atomic mass is 9.47. The Kier molecular flexibility index (Phi) is 6.16. The van der Waals surface area contributed by atoms with E-state index in [9.17, 15) is 9.90 Å². The van der Waals surface area contributed by atoms with Crippen LogP contribution in [0.15, 0.2) is 11.6 Å². The number of aliphatic hydroxyl groups excluding tert-OH is 1. The monoisotopic (exact) mass is 416 g/mol. The molecule has 4 aliphatic rings. The molecular formula is C27H44O3. The number of aliphatic hydroxyl groups is 1. The average Bonchev–Trinajstić information content (AvgIpc) is 3.05. The normalized spacial score (nSPS) is 45.0. The Labute approximate surface area is 183 Å². The van der Waals surface area contributed by atoms with Crippen LogP contribution in [0.2, 0.25) is 0 Å². The summed E-state index contributed by atoms with van der Waals surface area (Å²) >= 11 is 0. The van der Waals surface area contributed by atoms with Gasteiger partial charge < -0.3 is 10.2 Å². The summed E-state index contributed by atoms with van der Waals surface area (Å²) in [5.74, 6) is 3.14. The van der Waals surface area contributed by atoms with Crippen LogP contribution in [0.25, 0.3) is 0 Å². The Morgan fingerprint density at radius 3 is 2.60 bits per heavy atom. The van der Waals surface area contributed by atoms with Crippen LogP contribution in [-0.2, 0) is 4.79 Å². The quantitative estimate of drug-likeness (QED) is 0.489. The maximum atomic E-state index is 11.1. The smallest absolute Gasteiger partial charge is 0.306 e. The minimum atomic E-state index is -0.651. The van der Waals surface area contributed by atoms with Crippen molar-refractivity contribution in [3.63, 3.8) is 0 Å². The van der Waals surface area contributed by atoms with E-state index >= 15 is 0 Å². The van der Waals surface area contributed by atoms with Crippen molar-refractivity contribution < 1.29 is 15.0 Å². The Balaban J connectivity index is 1.44. The summed E-state index contributed by atoms with van der Waals surface area (Å²) in [4.78, 5) is 11.1. The molecule has 3 heteroatoms. The van der Waals surface area contributed by atoms with Crippen LogP contribution in [0.5, 0.6) is 0 Å². The van der Waals surface area contributed by atoms with E-state index in [2.05, 4.69) is 26.8 Å². The summed E-state index contributed by atoms with van der Waals surface area (Å²) in [6, 6.07) is 0. The van der Waals surface area contributed by atoms with E-state index < -0.39 is 5.97 Å². The summed E-state index contributed by atoms with van der Waals surface area (Å²) in [6.07, 6.45) is 15.2. The second-order valence-electron chi connectivity index (χ2n) is 12.0. The standard InChI is InChI=1S/C27H44O3/c1-17(6-5-7-18(2)25(29)30)22-10-11-23-21-9-8-19-16-20(28)12-14-26(19,3)24(21)13-15-27(22,23)4/h8,17-18,20-24,28H,5-7,9-16H2,1-4H3,(H,29,30)/t17-,18?,20+,21+,22+,23-,24-,26+,27-/m1/s1. The van der Waals surface area contributed by atoms with Crippen molar-refractivity contribution in [2.45, 2.75) is 104 Å². The van der Waals surface area contributed by atoms with Gasteiger partial charge in [0.1, 0.15) is 0 Å². The Morgan fingerprint density at radius 2 is 1.87 bits per heavy atom. The molecule has 30 heavy (non-hydrogen) atoms. The molecule has 0 spiro atoms. The number of allylic oxidation sites excluding steroid dienone is 1. The fraction of sp³-hybridized carbons (Fsp3) is 0.889. The topological polar surface area (TPSA) is 57.5 Å². The van der Waals surface area contributed by atoms with Crippen LogP contribution in [-0.4, -0.2) is 22.3 Å². The summed E-state index contributed by atoms with van der Waals surface area (Å²) < 4.78 is 0. The van der Waals surface area contributed by atoms with Gasteiger partial charge in [0.25, 0.3) is 0 Å². The fourth-order valence-corrected chi connectivity index (χ4v) is 8.69. The molecule has 9 atom stereocenters. The van der Waals surface area contributed by atoms with Crippen molar-refractivity contribution in [3.8, 4) is 0 Å². The van der Waals surface area contributed by atoms with Crippen molar-refractivity contribution in [3.05, 3.63) is 11.6 Å². The molecule has 0 radical (unpaired) electrons. The van der Waals surface area contributed by atoms with Crippen LogP contribution < -0.4 is 0 Å². The van der Waals surface area contributed by atoms with E-state index in [-0.39, 0.29) is 12.0 Å². The van der Waals surface area contributed by atoms with Crippen LogP contribution in [0.1, 0.15) is 98.3 Å². The lowest BCUT2D eigenvalue weighted by molar-refractivity contribution is -0.141. The first-order valence-corrected chi connectivity index (χ1v) is 12.8. The van der Waals surface area contributed by atoms with Gasteiger partial charge in [0.15, 0.2) is 0 Å². The number of carboxylic acid groups (broad SMARTS) is 1. The number of carbonyl (C=O) groups is 1. The summed E-state index contributed by atoms with van der Waals surface area (Å²) in [7, 11) is 0. The van der Waals surface area contributed by atoms with E-state index in [0.29, 0.717) is 16.7 Å². The zero-order chi connectivity index (χ0) is 21.7. The van der Waals surface area contributed by atoms with Gasteiger partial charge in [0.2, 0.25) is 0 Å². The molecule has 0 aromatic rings. The predicted octanol–water partition coefficient (Wildman–Crippen LogP) is 6.45. The Morgan fingerprint density at radius 1 is 1.10 bits per heavy atom. The third-order valence-corrected chi connectivity index (χ3v) is 10.6. The molecule has 0 aromatic heterocycles. The highest BCUT2D eigenvalue weighted by Gasteiger charge is 2.59. The van der Waals surface area contributed by atoms with Crippen LogP contribution >= 0.6 is 0 Å². The molecule has 0 heterocycles. The zero-order valence-corrected chi connectivity index (χ0v) is 19.7. The SMILES string of the molecule is CC(CCC[C@@H](C)[C@@H]1CC[C@@H]2[C@@H]3CC=C4C[C@@H](O)CC[C@]4(C)[C@@H]3CC[C@@]21C)C(=O)O. The molecule has 2 N–H and O–H groups in total. The molecule has 1 unspecified atom stereocenters. The van der Waals surface area contributed by atoms with E-state index in [0.717, 1.165) is 49.4 Å². The van der Waals surface area contributed by atoms with Gasteiger partial charge in [0, 0.05) is 0 Å². The first kappa shape index (κ1) is 22.4. The minimum absolute atomic E-state index is 0.115. The van der Waals surface area contributed by atoms with Gasteiger partial charge in [-0.3, -0.25) is 4.79 Å². The number of fused-ring (bicyclic) bond motifs is 5. The molecule has 0 saturated heterocycles. The highest BCUT2D eigenvalue weighted by molar-refractivity contribution is 5.69. The lowest BCUT2D eigenvalue weighted by Crippen LogP contribution is -2.50. The van der Waals surface area contributed by atoms with Crippen molar-refractivity contribution in [2.24, 2.45) is 46.3 Å². The number of carboxylic acids is 1. The molecule has 3 nitrogen and oxygen atoms in total. The third kappa shape index (κ3) is 3.67. The maximum absolute atomic E-state index is 11.1. The molecule has 4 rings (SSSR count). The summed E-state index contributed by atoms with van der Waals surface area (Å²) in [5, 5.41) is 19.4. The second-order valence-corrected chi connectivity index (χ2v) is 12.0. The van der Waals surface area contributed by atoms with Gasteiger partial charge in [-0.25, -0.2) is 0 Å². The molecule has 170 valence electrons. The fourth-order valence-electron chi connectivity index (χ4n) is 8.69. The largest absolute Gasteiger partial charge is 0.481 e.